The van der Waals surface area contributed by atoms with Gasteiger partial charge in [0.05, 0.1) is 12.6 Å². The van der Waals surface area contributed by atoms with E-state index in [2.05, 4.69) is 67.6 Å². The maximum absolute atomic E-state index is 9.68. The van der Waals surface area contributed by atoms with Crippen molar-refractivity contribution in [2.45, 2.75) is 77.7 Å². The quantitative estimate of drug-likeness (QED) is 0.517. The highest BCUT2D eigenvalue weighted by atomic mass is 16.3. The minimum atomic E-state index is -0.127. The lowest BCUT2D eigenvalue weighted by atomic mass is 9.93. The first-order valence-electron chi connectivity index (χ1n) is 9.99. The van der Waals surface area contributed by atoms with Crippen molar-refractivity contribution in [3.8, 4) is 0 Å². The predicted octanol–water partition coefficient (Wildman–Crippen LogP) is 2.89. The van der Waals surface area contributed by atoms with E-state index in [1.807, 2.05) is 0 Å². The van der Waals surface area contributed by atoms with Gasteiger partial charge in [0.25, 0.3) is 0 Å². The zero-order chi connectivity index (χ0) is 18.9. The van der Waals surface area contributed by atoms with Crippen LogP contribution in [0, 0.1) is 0 Å². The van der Waals surface area contributed by atoms with Gasteiger partial charge in [-0.05, 0) is 64.6 Å². The molecule has 0 aliphatic heterocycles. The van der Waals surface area contributed by atoms with E-state index in [4.69, 9.17) is 4.99 Å². The van der Waals surface area contributed by atoms with E-state index in [9.17, 15) is 5.11 Å². The Morgan fingerprint density at radius 2 is 1.85 bits per heavy atom. The number of aliphatic hydroxyl groups is 1. The molecular weight excluding hydrogens is 324 g/mol. The second-order valence-corrected chi connectivity index (χ2v) is 7.62. The van der Waals surface area contributed by atoms with Crippen molar-refractivity contribution in [2.24, 2.45) is 4.99 Å². The van der Waals surface area contributed by atoms with Gasteiger partial charge in [0.1, 0.15) is 0 Å². The molecule has 1 aromatic rings. The average molecular weight is 361 g/mol. The summed E-state index contributed by atoms with van der Waals surface area (Å²) in [6, 6.07) is 9.49. The third kappa shape index (κ3) is 6.61. The number of rotatable bonds is 7. The van der Waals surface area contributed by atoms with Gasteiger partial charge in [-0.15, -0.1) is 0 Å². The van der Waals surface area contributed by atoms with Crippen molar-refractivity contribution in [2.75, 3.05) is 13.6 Å². The monoisotopic (exact) mass is 360 g/mol. The van der Waals surface area contributed by atoms with Gasteiger partial charge in [0.2, 0.25) is 0 Å². The number of hydrogen-bond acceptors (Lipinski definition) is 3. The molecule has 1 aliphatic rings. The number of hydrogen-bond donors (Lipinski definition) is 3. The van der Waals surface area contributed by atoms with Crippen LogP contribution in [0.25, 0.3) is 0 Å². The normalized spacial score (nSPS) is 21.3. The fraction of sp³-hybridized carbons (Fsp3) is 0.667. The fourth-order valence-electron chi connectivity index (χ4n) is 3.22. The van der Waals surface area contributed by atoms with E-state index >= 15 is 0 Å². The molecule has 26 heavy (non-hydrogen) atoms. The van der Waals surface area contributed by atoms with Gasteiger partial charge in [-0.1, -0.05) is 24.3 Å². The highest BCUT2D eigenvalue weighted by Crippen LogP contribution is 2.18. The van der Waals surface area contributed by atoms with E-state index in [-0.39, 0.29) is 6.10 Å². The summed E-state index contributed by atoms with van der Waals surface area (Å²) in [5.74, 6) is 0.876. The van der Waals surface area contributed by atoms with E-state index in [0.29, 0.717) is 18.6 Å². The van der Waals surface area contributed by atoms with Crippen LogP contribution < -0.4 is 10.6 Å². The molecule has 0 atom stereocenters. The molecule has 0 radical (unpaired) electrons. The number of aliphatic imine (C=N–C) groups is 1. The van der Waals surface area contributed by atoms with Gasteiger partial charge in [0.15, 0.2) is 5.96 Å². The first kappa shape index (κ1) is 20.7. The molecule has 1 saturated carbocycles. The molecule has 146 valence electrons. The molecule has 0 unspecified atom stereocenters. The minimum Gasteiger partial charge on any atom is -0.393 e. The Kier molecular flexibility index (Phi) is 8.39. The van der Waals surface area contributed by atoms with Gasteiger partial charge < -0.3 is 15.7 Å². The Morgan fingerprint density at radius 3 is 2.46 bits per heavy atom. The predicted molar refractivity (Wildman–Crippen MR) is 109 cm³/mol. The molecule has 0 spiro atoms. The number of benzene rings is 1. The lowest BCUT2D eigenvalue weighted by Gasteiger charge is -2.27. The molecule has 1 fully saturated rings. The summed E-state index contributed by atoms with van der Waals surface area (Å²) in [5.41, 5.74) is 2.61. The Morgan fingerprint density at radius 1 is 1.19 bits per heavy atom. The van der Waals surface area contributed by atoms with Crippen LogP contribution in [0.1, 0.15) is 57.6 Å². The van der Waals surface area contributed by atoms with Gasteiger partial charge in [-0.2, -0.15) is 0 Å². The zero-order valence-corrected chi connectivity index (χ0v) is 16.8. The zero-order valence-electron chi connectivity index (χ0n) is 16.8. The second-order valence-electron chi connectivity index (χ2n) is 7.62. The molecule has 2 rings (SSSR count). The van der Waals surface area contributed by atoms with Crippen LogP contribution in [-0.4, -0.2) is 47.7 Å². The number of guanidine groups is 1. The Balaban J connectivity index is 2.02. The van der Waals surface area contributed by atoms with Gasteiger partial charge in [-0.3, -0.25) is 4.90 Å². The Hall–Kier alpha value is -1.59. The smallest absolute Gasteiger partial charge is 0.191 e. The lowest BCUT2D eigenvalue weighted by Crippen LogP contribution is -2.45. The van der Waals surface area contributed by atoms with E-state index in [0.717, 1.165) is 44.7 Å². The van der Waals surface area contributed by atoms with Crippen molar-refractivity contribution in [3.05, 3.63) is 35.4 Å². The van der Waals surface area contributed by atoms with Crippen molar-refractivity contribution >= 4 is 5.96 Å². The van der Waals surface area contributed by atoms with Crippen LogP contribution in [0.5, 0.6) is 0 Å². The third-order valence-electron chi connectivity index (χ3n) is 5.21. The van der Waals surface area contributed by atoms with E-state index in [1.54, 1.807) is 0 Å². The standard InChI is InChI=1S/C21H36N4O/c1-5-22-21(24-19-10-12-20(26)13-11-19)23-14-17-8-6-7-9-18(17)15-25(4)16(2)3/h6-9,16,19-20,26H,5,10-15H2,1-4H3,(H2,22,23,24). The fourth-order valence-corrected chi connectivity index (χ4v) is 3.22. The molecule has 0 saturated heterocycles. The van der Waals surface area contributed by atoms with Crippen molar-refractivity contribution in [1.29, 1.82) is 0 Å². The molecule has 0 aromatic heterocycles. The van der Waals surface area contributed by atoms with Gasteiger partial charge >= 0.3 is 0 Å². The van der Waals surface area contributed by atoms with E-state index < -0.39 is 0 Å². The van der Waals surface area contributed by atoms with Crippen molar-refractivity contribution in [3.63, 3.8) is 0 Å². The highest BCUT2D eigenvalue weighted by Gasteiger charge is 2.20. The molecular formula is C21H36N4O. The van der Waals surface area contributed by atoms with Crippen LogP contribution in [-0.2, 0) is 13.1 Å². The van der Waals surface area contributed by atoms with Crippen molar-refractivity contribution in [1.82, 2.24) is 15.5 Å². The van der Waals surface area contributed by atoms with Crippen LogP contribution in [0.15, 0.2) is 29.3 Å². The molecule has 3 N–H and O–H groups in total. The first-order chi connectivity index (χ1) is 12.5. The van der Waals surface area contributed by atoms with Gasteiger partial charge in [-0.25, -0.2) is 4.99 Å². The van der Waals surface area contributed by atoms with Crippen molar-refractivity contribution < 1.29 is 5.11 Å². The number of aliphatic hydroxyl groups excluding tert-OH is 1. The largest absolute Gasteiger partial charge is 0.393 e. The summed E-state index contributed by atoms with van der Waals surface area (Å²) < 4.78 is 0. The molecule has 5 heteroatoms. The Labute approximate surface area is 158 Å². The summed E-state index contributed by atoms with van der Waals surface area (Å²) in [4.78, 5) is 7.17. The maximum atomic E-state index is 9.68. The second kappa shape index (κ2) is 10.5. The average Bonchev–Trinajstić information content (AvgIpc) is 2.62. The lowest BCUT2D eigenvalue weighted by molar-refractivity contribution is 0.120. The van der Waals surface area contributed by atoms with E-state index in [1.165, 1.54) is 11.1 Å². The topological polar surface area (TPSA) is 59.9 Å². The summed E-state index contributed by atoms with van der Waals surface area (Å²) in [7, 11) is 2.16. The molecule has 5 nitrogen and oxygen atoms in total. The highest BCUT2D eigenvalue weighted by molar-refractivity contribution is 5.80. The summed E-state index contributed by atoms with van der Waals surface area (Å²) in [6.45, 7) is 8.98. The maximum Gasteiger partial charge on any atom is 0.191 e. The summed E-state index contributed by atoms with van der Waals surface area (Å²) >= 11 is 0. The molecule has 0 heterocycles. The van der Waals surface area contributed by atoms with Crippen LogP contribution in [0.4, 0.5) is 0 Å². The Bertz CT molecular complexity index is 565. The van der Waals surface area contributed by atoms with Gasteiger partial charge in [0, 0.05) is 25.2 Å². The summed E-state index contributed by atoms with van der Waals surface area (Å²) in [5, 5.41) is 16.6. The third-order valence-corrected chi connectivity index (χ3v) is 5.21. The molecule has 0 bridgehead atoms. The number of nitrogens with one attached hydrogen (secondary N) is 2. The van der Waals surface area contributed by atoms with Crippen LogP contribution in [0.2, 0.25) is 0 Å². The molecule has 1 aromatic carbocycles. The first-order valence-corrected chi connectivity index (χ1v) is 9.99. The SMILES string of the molecule is CCNC(=NCc1ccccc1CN(C)C(C)C)NC1CCC(O)CC1. The summed E-state index contributed by atoms with van der Waals surface area (Å²) in [6.07, 6.45) is 3.63. The minimum absolute atomic E-state index is 0.127. The molecule has 0 amide bonds. The van der Waals surface area contributed by atoms with Crippen LogP contribution >= 0.6 is 0 Å². The molecule has 1 aliphatic carbocycles. The number of nitrogens with zero attached hydrogens (tertiary/aromatic N) is 2. The van der Waals surface area contributed by atoms with Crippen LogP contribution in [0.3, 0.4) is 0 Å².